The second-order valence-electron chi connectivity index (χ2n) is 7.39. The van der Waals surface area contributed by atoms with Crippen molar-refractivity contribution in [1.29, 1.82) is 0 Å². The molecule has 0 amide bonds. The number of rotatable bonds is 3. The van der Waals surface area contributed by atoms with Crippen molar-refractivity contribution in [3.8, 4) is 5.75 Å². The first kappa shape index (κ1) is 18.2. The van der Waals surface area contributed by atoms with E-state index in [0.717, 1.165) is 0 Å². The summed E-state index contributed by atoms with van der Waals surface area (Å²) in [5.74, 6) is -4.29. The van der Waals surface area contributed by atoms with Gasteiger partial charge in [-0.2, -0.15) is 4.39 Å². The van der Waals surface area contributed by atoms with E-state index in [1.54, 1.807) is 6.07 Å². The molecule has 0 aromatic heterocycles. The van der Waals surface area contributed by atoms with Gasteiger partial charge in [-0.05, 0) is 36.3 Å². The van der Waals surface area contributed by atoms with Crippen molar-refractivity contribution in [2.75, 3.05) is 0 Å². The molecule has 0 aliphatic carbocycles. The molecule has 7 heteroatoms. The predicted molar refractivity (Wildman–Crippen MR) is 89.2 cm³/mol. The van der Waals surface area contributed by atoms with Crippen molar-refractivity contribution in [1.82, 2.24) is 0 Å². The predicted octanol–water partition coefficient (Wildman–Crippen LogP) is 4.94. The summed E-state index contributed by atoms with van der Waals surface area (Å²) in [4.78, 5) is 11.3. The van der Waals surface area contributed by atoms with Crippen molar-refractivity contribution in [3.63, 3.8) is 0 Å². The van der Waals surface area contributed by atoms with E-state index >= 15 is 0 Å². The maximum Gasteiger partial charge on any atom is 0.382 e. The molecule has 2 rings (SSSR count). The van der Waals surface area contributed by atoms with Gasteiger partial charge in [0, 0.05) is 10.6 Å². The zero-order chi connectivity index (χ0) is 17.6. The Morgan fingerprint density at radius 2 is 2.09 bits per heavy atom. The fraction of sp³-hybridized carbons (Fsp3) is 0.562. The number of aliphatic carboxylic acids is 1. The van der Waals surface area contributed by atoms with Crippen LogP contribution < -0.4 is 4.74 Å². The van der Waals surface area contributed by atoms with E-state index in [0.29, 0.717) is 10.6 Å². The lowest BCUT2D eigenvalue weighted by Gasteiger charge is -2.42. The number of hydrogen-bond acceptors (Lipinski definition) is 3. The summed E-state index contributed by atoms with van der Waals surface area (Å²) in [5, 5.41) is 9.56. The number of carboxylic acids is 1. The smallest absolute Gasteiger partial charge is 0.382 e. The summed E-state index contributed by atoms with van der Waals surface area (Å²) >= 11 is 6.03. The Morgan fingerprint density at radius 1 is 1.48 bits per heavy atom. The molecule has 128 valence electrons. The SMILES string of the molecule is CC(C)(C)[Si](C)(C)OC1CC(F)(C(=O)O)Oc2ccc(Cl)cc21. The van der Waals surface area contributed by atoms with E-state index in [1.165, 1.54) is 12.1 Å². The van der Waals surface area contributed by atoms with Gasteiger partial charge in [0.05, 0.1) is 12.5 Å². The highest BCUT2D eigenvalue weighted by Crippen LogP contribution is 2.47. The lowest BCUT2D eigenvalue weighted by Crippen LogP contribution is -2.48. The monoisotopic (exact) mass is 360 g/mol. The van der Waals surface area contributed by atoms with Gasteiger partial charge in [0.2, 0.25) is 0 Å². The fourth-order valence-electron chi connectivity index (χ4n) is 2.20. The zero-order valence-electron chi connectivity index (χ0n) is 13.9. The summed E-state index contributed by atoms with van der Waals surface area (Å²) < 4.78 is 26.0. The average molecular weight is 361 g/mol. The van der Waals surface area contributed by atoms with Gasteiger partial charge in [-0.25, -0.2) is 4.79 Å². The average Bonchev–Trinajstić information content (AvgIpc) is 2.37. The summed E-state index contributed by atoms with van der Waals surface area (Å²) in [5.41, 5.74) is 0.594. The highest BCUT2D eigenvalue weighted by molar-refractivity contribution is 6.74. The summed E-state index contributed by atoms with van der Waals surface area (Å²) in [7, 11) is -2.23. The van der Waals surface area contributed by atoms with Crippen molar-refractivity contribution < 1.29 is 23.5 Å². The molecular weight excluding hydrogens is 339 g/mol. The lowest BCUT2D eigenvalue weighted by molar-refractivity contribution is -0.182. The molecule has 0 fully saturated rings. The highest BCUT2D eigenvalue weighted by atomic mass is 35.5. The van der Waals surface area contributed by atoms with E-state index in [9.17, 15) is 14.3 Å². The molecule has 0 saturated heterocycles. The second-order valence-corrected chi connectivity index (χ2v) is 12.6. The van der Waals surface area contributed by atoms with Gasteiger partial charge < -0.3 is 14.3 Å². The minimum Gasteiger partial charge on any atom is -0.476 e. The Hall–Kier alpha value is -1.11. The van der Waals surface area contributed by atoms with Crippen LogP contribution in [0.4, 0.5) is 4.39 Å². The first-order valence-corrected chi connectivity index (χ1v) is 10.7. The molecule has 23 heavy (non-hydrogen) atoms. The van der Waals surface area contributed by atoms with Crippen LogP contribution in [0.1, 0.15) is 38.9 Å². The van der Waals surface area contributed by atoms with Crippen LogP contribution in [-0.4, -0.2) is 25.2 Å². The van der Waals surface area contributed by atoms with Crippen LogP contribution in [0.3, 0.4) is 0 Å². The van der Waals surface area contributed by atoms with E-state index in [-0.39, 0.29) is 10.8 Å². The van der Waals surface area contributed by atoms with Crippen LogP contribution in [0.2, 0.25) is 23.2 Å². The van der Waals surface area contributed by atoms with Gasteiger partial charge in [-0.15, -0.1) is 0 Å². The number of ether oxygens (including phenoxy) is 1. The van der Waals surface area contributed by atoms with Gasteiger partial charge in [-0.3, -0.25) is 0 Å². The summed E-state index contributed by atoms with van der Waals surface area (Å²) in [6.07, 6.45) is -1.11. The number of hydrogen-bond donors (Lipinski definition) is 1. The first-order valence-electron chi connectivity index (χ1n) is 7.44. The molecule has 0 bridgehead atoms. The molecule has 0 saturated carbocycles. The normalized spacial score (nSPS) is 24.7. The van der Waals surface area contributed by atoms with Crippen molar-refractivity contribution >= 4 is 25.9 Å². The first-order chi connectivity index (χ1) is 10.4. The zero-order valence-corrected chi connectivity index (χ0v) is 15.7. The summed E-state index contributed by atoms with van der Waals surface area (Å²) in [6, 6.07) is 4.67. The molecule has 1 aromatic rings. The molecule has 2 atom stereocenters. The van der Waals surface area contributed by atoms with Crippen molar-refractivity contribution in [3.05, 3.63) is 28.8 Å². The summed E-state index contributed by atoms with van der Waals surface area (Å²) in [6.45, 7) is 10.3. The second kappa shape index (κ2) is 5.75. The van der Waals surface area contributed by atoms with Crippen molar-refractivity contribution in [2.24, 2.45) is 0 Å². The van der Waals surface area contributed by atoms with E-state index < -0.39 is 32.7 Å². The van der Waals surface area contributed by atoms with Gasteiger partial charge in [0.15, 0.2) is 8.32 Å². The topological polar surface area (TPSA) is 55.8 Å². The number of benzene rings is 1. The van der Waals surface area contributed by atoms with Crippen LogP contribution in [0.5, 0.6) is 5.75 Å². The van der Waals surface area contributed by atoms with E-state index in [1.807, 2.05) is 13.1 Å². The minimum atomic E-state index is -2.80. The number of halogens is 2. The van der Waals surface area contributed by atoms with Gasteiger partial charge >= 0.3 is 11.8 Å². The Kier molecular flexibility index (Phi) is 4.56. The molecule has 2 unspecified atom stereocenters. The van der Waals surface area contributed by atoms with E-state index in [2.05, 4.69) is 20.8 Å². The molecule has 0 spiro atoms. The van der Waals surface area contributed by atoms with Crippen molar-refractivity contribution in [2.45, 2.75) is 57.3 Å². The maximum absolute atomic E-state index is 14.7. The standard InChI is InChI=1S/C16H22ClFO4Si/c1-15(2,3)23(4,5)22-13-9-16(18,14(19)20)21-12-7-6-10(17)8-11(12)13/h6-8,13H,9H2,1-5H3,(H,19,20). The molecule has 1 N–H and O–H groups in total. The molecule has 1 aromatic carbocycles. The third-order valence-electron chi connectivity index (χ3n) is 4.60. The van der Waals surface area contributed by atoms with Crippen LogP contribution in [-0.2, 0) is 9.22 Å². The third-order valence-corrected chi connectivity index (χ3v) is 9.32. The fourth-order valence-corrected chi connectivity index (χ4v) is 3.65. The number of carboxylic acid groups (broad SMARTS) is 1. The molecule has 0 radical (unpaired) electrons. The van der Waals surface area contributed by atoms with Crippen LogP contribution in [0, 0.1) is 0 Å². The molecular formula is C16H22ClFO4Si. The third kappa shape index (κ3) is 3.54. The van der Waals surface area contributed by atoms with Crippen LogP contribution in [0.25, 0.3) is 0 Å². The number of fused-ring (bicyclic) bond motifs is 1. The minimum absolute atomic E-state index is 0.0910. The number of carbonyl (C=O) groups is 1. The highest BCUT2D eigenvalue weighted by Gasteiger charge is 2.51. The Labute approximate surface area is 141 Å². The van der Waals surface area contributed by atoms with Gasteiger partial charge in [0.25, 0.3) is 0 Å². The Morgan fingerprint density at radius 3 is 2.61 bits per heavy atom. The van der Waals surface area contributed by atoms with E-state index in [4.69, 9.17) is 20.8 Å². The van der Waals surface area contributed by atoms with Gasteiger partial charge in [0.1, 0.15) is 5.75 Å². The number of alkyl halides is 1. The Bertz CT molecular complexity index is 629. The molecule has 4 nitrogen and oxygen atoms in total. The molecule has 1 aliphatic rings. The lowest BCUT2D eigenvalue weighted by atomic mass is 9.98. The van der Waals surface area contributed by atoms with Gasteiger partial charge in [-0.1, -0.05) is 32.4 Å². The van der Waals surface area contributed by atoms with Crippen LogP contribution in [0.15, 0.2) is 18.2 Å². The molecule has 1 heterocycles. The van der Waals surface area contributed by atoms with Crippen LogP contribution >= 0.6 is 11.6 Å². The maximum atomic E-state index is 14.7. The Balaban J connectivity index is 2.45. The quantitative estimate of drug-likeness (QED) is 0.776. The largest absolute Gasteiger partial charge is 0.476 e. The molecule has 1 aliphatic heterocycles.